The summed E-state index contributed by atoms with van der Waals surface area (Å²) in [5, 5.41) is 16.7. The van der Waals surface area contributed by atoms with E-state index < -0.39 is 6.10 Å². The Morgan fingerprint density at radius 3 is 2.48 bits per heavy atom. The van der Waals surface area contributed by atoms with Crippen molar-refractivity contribution in [3.8, 4) is 0 Å². The third-order valence-electron chi connectivity index (χ3n) is 3.96. The van der Waals surface area contributed by atoms with E-state index in [1.807, 2.05) is 24.3 Å². The van der Waals surface area contributed by atoms with Gasteiger partial charge in [0.05, 0.1) is 6.10 Å². The average Bonchev–Trinajstić information content (AvgIpc) is 2.57. The molecule has 1 atom stereocenters. The van der Waals surface area contributed by atoms with Gasteiger partial charge in [-0.2, -0.15) is 0 Å². The van der Waals surface area contributed by atoms with Gasteiger partial charge in [0.25, 0.3) is 0 Å². The second kappa shape index (κ2) is 7.60. The van der Waals surface area contributed by atoms with Gasteiger partial charge in [-0.15, -0.1) is 0 Å². The lowest BCUT2D eigenvalue weighted by atomic mass is 10.0. The normalized spacial score (nSPS) is 12.4. The van der Waals surface area contributed by atoms with Gasteiger partial charge in [0, 0.05) is 18.1 Å². The molecule has 0 saturated heterocycles. The first kappa shape index (κ1) is 16.0. The summed E-state index contributed by atoms with van der Waals surface area (Å²) in [4.78, 5) is 0. The second-order valence-electron chi connectivity index (χ2n) is 5.75. The zero-order chi connectivity index (χ0) is 16.1. The Kier molecular flexibility index (Phi) is 5.29. The highest BCUT2D eigenvalue weighted by atomic mass is 35.5. The Hall–Kier alpha value is -1.87. The van der Waals surface area contributed by atoms with Crippen molar-refractivity contribution < 1.29 is 5.11 Å². The van der Waals surface area contributed by atoms with Crippen molar-refractivity contribution in [3.63, 3.8) is 0 Å². The fourth-order valence-electron chi connectivity index (χ4n) is 2.78. The van der Waals surface area contributed by atoms with Crippen LogP contribution in [-0.2, 0) is 13.0 Å². The fraction of sp³-hybridized carbons (Fsp3) is 0.200. The van der Waals surface area contributed by atoms with Crippen LogP contribution in [0.2, 0.25) is 5.02 Å². The van der Waals surface area contributed by atoms with Crippen molar-refractivity contribution in [2.45, 2.75) is 19.1 Å². The van der Waals surface area contributed by atoms with Gasteiger partial charge >= 0.3 is 0 Å². The molecule has 3 aromatic carbocycles. The predicted octanol–water partition coefficient (Wildman–Crippen LogP) is 4.19. The molecule has 0 amide bonds. The van der Waals surface area contributed by atoms with Crippen LogP contribution in [-0.4, -0.2) is 17.8 Å². The lowest BCUT2D eigenvalue weighted by molar-refractivity contribution is 0.171. The first-order valence-corrected chi connectivity index (χ1v) is 8.20. The molecule has 0 bridgehead atoms. The third kappa shape index (κ3) is 4.32. The molecule has 2 nitrogen and oxygen atoms in total. The zero-order valence-corrected chi connectivity index (χ0v) is 13.6. The van der Waals surface area contributed by atoms with E-state index in [1.165, 1.54) is 16.3 Å². The fourth-order valence-corrected chi connectivity index (χ4v) is 2.91. The summed E-state index contributed by atoms with van der Waals surface area (Å²) in [6, 6.07) is 22.3. The highest BCUT2D eigenvalue weighted by molar-refractivity contribution is 6.30. The van der Waals surface area contributed by atoms with Crippen LogP contribution in [0.4, 0.5) is 0 Å². The number of rotatable bonds is 6. The van der Waals surface area contributed by atoms with Crippen LogP contribution in [0.25, 0.3) is 10.8 Å². The molecule has 3 aromatic rings. The van der Waals surface area contributed by atoms with Gasteiger partial charge in [-0.1, -0.05) is 66.2 Å². The summed E-state index contributed by atoms with van der Waals surface area (Å²) in [6.45, 7) is 1.31. The number of benzene rings is 3. The smallest absolute Gasteiger partial charge is 0.0704 e. The SMILES string of the molecule is OC(CNCc1cccc2ccccc12)Cc1ccc(Cl)cc1. The molecule has 0 spiro atoms. The number of fused-ring (bicyclic) bond motifs is 1. The number of halogens is 1. The molecule has 0 saturated carbocycles. The van der Waals surface area contributed by atoms with E-state index in [-0.39, 0.29) is 0 Å². The molecule has 118 valence electrons. The Labute approximate surface area is 141 Å². The van der Waals surface area contributed by atoms with Gasteiger partial charge in [0.2, 0.25) is 0 Å². The first-order valence-electron chi connectivity index (χ1n) is 7.82. The molecule has 2 N–H and O–H groups in total. The number of nitrogens with one attached hydrogen (secondary N) is 1. The van der Waals surface area contributed by atoms with E-state index in [9.17, 15) is 5.11 Å². The summed E-state index contributed by atoms with van der Waals surface area (Å²) >= 11 is 5.87. The van der Waals surface area contributed by atoms with Crippen molar-refractivity contribution in [1.29, 1.82) is 0 Å². The maximum absolute atomic E-state index is 10.2. The van der Waals surface area contributed by atoms with E-state index in [0.717, 1.165) is 17.1 Å². The Morgan fingerprint density at radius 1 is 0.913 bits per heavy atom. The van der Waals surface area contributed by atoms with Gasteiger partial charge in [0.1, 0.15) is 0 Å². The molecule has 0 aliphatic rings. The molecule has 0 aromatic heterocycles. The van der Waals surface area contributed by atoms with E-state index >= 15 is 0 Å². The summed E-state index contributed by atoms with van der Waals surface area (Å²) in [5.41, 5.74) is 2.34. The molecule has 1 unspecified atom stereocenters. The number of hydrogen-bond acceptors (Lipinski definition) is 2. The lowest BCUT2D eigenvalue weighted by Crippen LogP contribution is -2.28. The highest BCUT2D eigenvalue weighted by Crippen LogP contribution is 2.18. The maximum Gasteiger partial charge on any atom is 0.0704 e. The van der Waals surface area contributed by atoms with E-state index in [2.05, 4.69) is 47.8 Å². The van der Waals surface area contributed by atoms with E-state index in [4.69, 9.17) is 11.6 Å². The topological polar surface area (TPSA) is 32.3 Å². The van der Waals surface area contributed by atoms with Crippen molar-refractivity contribution >= 4 is 22.4 Å². The predicted molar refractivity (Wildman–Crippen MR) is 96.8 cm³/mol. The standard InChI is InChI=1S/C20H20ClNO/c21-18-10-8-15(9-11-18)12-19(23)14-22-13-17-6-3-5-16-4-1-2-7-20(16)17/h1-11,19,22-23H,12-14H2. The van der Waals surface area contributed by atoms with Crippen LogP contribution in [0.15, 0.2) is 66.7 Å². The van der Waals surface area contributed by atoms with Gasteiger partial charge in [-0.05, 0) is 40.5 Å². The molecular weight excluding hydrogens is 306 g/mol. The van der Waals surface area contributed by atoms with Crippen LogP contribution in [0, 0.1) is 0 Å². The van der Waals surface area contributed by atoms with Crippen molar-refractivity contribution in [3.05, 3.63) is 82.9 Å². The molecular formula is C20H20ClNO. The van der Waals surface area contributed by atoms with E-state index in [0.29, 0.717) is 13.0 Å². The maximum atomic E-state index is 10.2. The quantitative estimate of drug-likeness (QED) is 0.712. The number of hydrogen-bond donors (Lipinski definition) is 2. The molecule has 0 fully saturated rings. The minimum Gasteiger partial charge on any atom is -0.391 e. The largest absolute Gasteiger partial charge is 0.391 e. The zero-order valence-electron chi connectivity index (χ0n) is 12.9. The molecule has 3 rings (SSSR count). The molecule has 3 heteroatoms. The summed E-state index contributed by atoms with van der Waals surface area (Å²) < 4.78 is 0. The van der Waals surface area contributed by atoms with E-state index in [1.54, 1.807) is 0 Å². The highest BCUT2D eigenvalue weighted by Gasteiger charge is 2.06. The van der Waals surface area contributed by atoms with Gasteiger partial charge in [-0.3, -0.25) is 0 Å². The van der Waals surface area contributed by atoms with Crippen LogP contribution in [0.3, 0.4) is 0 Å². The Morgan fingerprint density at radius 2 is 1.65 bits per heavy atom. The molecule has 23 heavy (non-hydrogen) atoms. The monoisotopic (exact) mass is 325 g/mol. The van der Waals surface area contributed by atoms with Crippen LogP contribution in [0.1, 0.15) is 11.1 Å². The lowest BCUT2D eigenvalue weighted by Gasteiger charge is -2.13. The summed E-state index contributed by atoms with van der Waals surface area (Å²) in [5.74, 6) is 0. The van der Waals surface area contributed by atoms with Gasteiger partial charge in [0.15, 0.2) is 0 Å². The Bertz CT molecular complexity index is 765. The summed E-state index contributed by atoms with van der Waals surface area (Å²) in [6.07, 6.45) is 0.214. The Balaban J connectivity index is 1.55. The van der Waals surface area contributed by atoms with Crippen molar-refractivity contribution in [1.82, 2.24) is 5.32 Å². The number of aliphatic hydroxyl groups is 1. The number of aliphatic hydroxyl groups excluding tert-OH is 1. The summed E-state index contributed by atoms with van der Waals surface area (Å²) in [7, 11) is 0. The minimum atomic E-state index is -0.411. The van der Waals surface area contributed by atoms with Crippen molar-refractivity contribution in [2.24, 2.45) is 0 Å². The molecule has 0 aliphatic heterocycles. The molecule has 0 aliphatic carbocycles. The molecule has 0 radical (unpaired) electrons. The third-order valence-corrected chi connectivity index (χ3v) is 4.21. The van der Waals surface area contributed by atoms with Gasteiger partial charge < -0.3 is 10.4 Å². The second-order valence-corrected chi connectivity index (χ2v) is 6.19. The average molecular weight is 326 g/mol. The first-order chi connectivity index (χ1) is 11.2. The minimum absolute atomic E-state index is 0.411. The van der Waals surface area contributed by atoms with Gasteiger partial charge in [-0.25, -0.2) is 0 Å². The van der Waals surface area contributed by atoms with Crippen LogP contribution < -0.4 is 5.32 Å². The molecule has 0 heterocycles. The van der Waals surface area contributed by atoms with Crippen molar-refractivity contribution in [2.75, 3.05) is 6.54 Å². The van der Waals surface area contributed by atoms with Crippen LogP contribution in [0.5, 0.6) is 0 Å². The van der Waals surface area contributed by atoms with Crippen LogP contribution >= 0.6 is 11.6 Å².